The molecule has 2 aromatic carbocycles. The molecule has 0 radical (unpaired) electrons. The molecule has 1 aromatic heterocycles. The number of unbranched alkanes of at least 4 members (excludes halogenated alkanes) is 1. The van der Waals surface area contributed by atoms with Gasteiger partial charge in [-0.15, -0.1) is 0 Å². The molecule has 0 unspecified atom stereocenters. The molecule has 3 aromatic rings. The van der Waals surface area contributed by atoms with Gasteiger partial charge in [0, 0.05) is 10.2 Å². The zero-order valence-electron chi connectivity index (χ0n) is 15.4. The minimum absolute atomic E-state index is 0.271. The Morgan fingerprint density at radius 1 is 1.07 bits per heavy atom. The molecule has 0 aliphatic heterocycles. The fourth-order valence-electron chi connectivity index (χ4n) is 2.42. The molecule has 8 heteroatoms. The van der Waals surface area contributed by atoms with Crippen molar-refractivity contribution in [3.05, 3.63) is 59.1 Å². The van der Waals surface area contributed by atoms with Crippen LogP contribution in [0.25, 0.3) is 0 Å². The molecule has 4 N–H and O–H groups in total. The number of benzene rings is 2. The van der Waals surface area contributed by atoms with Crippen LogP contribution in [0, 0.1) is 5.82 Å². The van der Waals surface area contributed by atoms with E-state index in [1.54, 1.807) is 12.1 Å². The van der Waals surface area contributed by atoms with Crippen LogP contribution in [0.2, 0.25) is 0 Å². The summed E-state index contributed by atoms with van der Waals surface area (Å²) < 4.78 is 20.4. The second-order valence-electron chi connectivity index (χ2n) is 6.09. The van der Waals surface area contributed by atoms with E-state index in [-0.39, 0.29) is 11.4 Å². The lowest BCUT2D eigenvalue weighted by Crippen LogP contribution is -2.06. The van der Waals surface area contributed by atoms with Crippen molar-refractivity contribution in [1.82, 2.24) is 9.97 Å². The van der Waals surface area contributed by atoms with Gasteiger partial charge in [0.05, 0.1) is 12.3 Å². The maximum absolute atomic E-state index is 14.1. The molecule has 6 nitrogen and oxygen atoms in total. The van der Waals surface area contributed by atoms with Gasteiger partial charge in [0.1, 0.15) is 23.6 Å². The van der Waals surface area contributed by atoms with E-state index in [9.17, 15) is 4.39 Å². The van der Waals surface area contributed by atoms with E-state index in [0.717, 1.165) is 24.3 Å². The summed E-state index contributed by atoms with van der Waals surface area (Å²) in [5.41, 5.74) is 7.52. The average molecular weight is 446 g/mol. The van der Waals surface area contributed by atoms with Crippen molar-refractivity contribution in [2.45, 2.75) is 19.8 Å². The first-order chi connectivity index (χ1) is 13.6. The third-order valence-corrected chi connectivity index (χ3v) is 4.45. The fourth-order valence-corrected chi connectivity index (χ4v) is 2.75. The van der Waals surface area contributed by atoms with Gasteiger partial charge in [0.25, 0.3) is 0 Å². The van der Waals surface area contributed by atoms with Crippen LogP contribution in [0.1, 0.15) is 19.8 Å². The van der Waals surface area contributed by atoms with Crippen LogP contribution in [-0.2, 0) is 0 Å². The molecule has 0 bridgehead atoms. The minimum Gasteiger partial charge on any atom is -0.494 e. The van der Waals surface area contributed by atoms with Crippen LogP contribution < -0.4 is 21.1 Å². The van der Waals surface area contributed by atoms with Crippen molar-refractivity contribution in [1.29, 1.82) is 0 Å². The van der Waals surface area contributed by atoms with E-state index in [1.807, 2.05) is 24.3 Å². The third-order valence-electron chi connectivity index (χ3n) is 3.95. The SMILES string of the molecule is CCCCOc1ccc(Nc2ncnc(Nc3ccc(Br)cc3F)c2N)cc1. The Kier molecular flexibility index (Phi) is 6.65. The van der Waals surface area contributed by atoms with Gasteiger partial charge in [0.15, 0.2) is 11.6 Å². The maximum atomic E-state index is 14.1. The van der Waals surface area contributed by atoms with Crippen LogP contribution in [0.15, 0.2) is 53.3 Å². The Labute approximate surface area is 171 Å². The first-order valence-electron chi connectivity index (χ1n) is 8.89. The first kappa shape index (κ1) is 19.9. The lowest BCUT2D eigenvalue weighted by Gasteiger charge is -2.13. The Balaban J connectivity index is 1.72. The van der Waals surface area contributed by atoms with E-state index >= 15 is 0 Å². The third kappa shape index (κ3) is 5.10. The number of hydrogen-bond acceptors (Lipinski definition) is 6. The predicted molar refractivity (Wildman–Crippen MR) is 114 cm³/mol. The summed E-state index contributed by atoms with van der Waals surface area (Å²) in [5, 5.41) is 6.04. The van der Waals surface area contributed by atoms with E-state index in [0.29, 0.717) is 22.7 Å². The van der Waals surface area contributed by atoms with Crippen LogP contribution >= 0.6 is 15.9 Å². The quantitative estimate of drug-likeness (QED) is 0.389. The zero-order chi connectivity index (χ0) is 19.9. The molecular weight excluding hydrogens is 425 g/mol. The van der Waals surface area contributed by atoms with Crippen molar-refractivity contribution >= 4 is 44.6 Å². The minimum atomic E-state index is -0.416. The Morgan fingerprint density at radius 2 is 1.79 bits per heavy atom. The number of aromatic nitrogens is 2. The summed E-state index contributed by atoms with van der Waals surface area (Å²) in [6, 6.07) is 12.2. The van der Waals surface area contributed by atoms with Gasteiger partial charge >= 0.3 is 0 Å². The summed E-state index contributed by atoms with van der Waals surface area (Å²) in [6.45, 7) is 2.82. The number of nitrogens with zero attached hydrogens (tertiary/aromatic N) is 2. The van der Waals surface area contributed by atoms with E-state index in [4.69, 9.17) is 10.5 Å². The Morgan fingerprint density at radius 3 is 2.46 bits per heavy atom. The lowest BCUT2D eigenvalue weighted by atomic mass is 10.3. The molecule has 28 heavy (non-hydrogen) atoms. The maximum Gasteiger partial charge on any atom is 0.159 e. The molecule has 0 fully saturated rings. The zero-order valence-corrected chi connectivity index (χ0v) is 17.0. The van der Waals surface area contributed by atoms with Crippen molar-refractivity contribution in [3.8, 4) is 5.75 Å². The highest BCUT2D eigenvalue weighted by atomic mass is 79.9. The topological polar surface area (TPSA) is 85.1 Å². The highest BCUT2D eigenvalue weighted by molar-refractivity contribution is 9.10. The number of nitrogens with two attached hydrogens (primary N) is 1. The Hall–Kier alpha value is -2.87. The van der Waals surface area contributed by atoms with Crippen molar-refractivity contribution in [3.63, 3.8) is 0 Å². The molecule has 0 atom stereocenters. The molecule has 0 saturated heterocycles. The van der Waals surface area contributed by atoms with Crippen molar-refractivity contribution in [2.24, 2.45) is 0 Å². The van der Waals surface area contributed by atoms with Gasteiger partial charge in [-0.25, -0.2) is 14.4 Å². The van der Waals surface area contributed by atoms with Crippen LogP contribution in [0.3, 0.4) is 0 Å². The van der Waals surface area contributed by atoms with Gasteiger partial charge < -0.3 is 21.1 Å². The van der Waals surface area contributed by atoms with E-state index < -0.39 is 5.82 Å². The van der Waals surface area contributed by atoms with Gasteiger partial charge in [-0.05, 0) is 48.9 Å². The van der Waals surface area contributed by atoms with Gasteiger partial charge in [-0.2, -0.15) is 0 Å². The normalized spacial score (nSPS) is 10.5. The van der Waals surface area contributed by atoms with Gasteiger partial charge in [-0.3, -0.25) is 0 Å². The second-order valence-corrected chi connectivity index (χ2v) is 7.00. The summed E-state index contributed by atoms with van der Waals surface area (Å²) in [4.78, 5) is 8.29. The summed E-state index contributed by atoms with van der Waals surface area (Å²) in [5.74, 6) is 1.14. The summed E-state index contributed by atoms with van der Waals surface area (Å²) >= 11 is 3.23. The molecule has 1 heterocycles. The number of rotatable bonds is 8. The number of anilines is 5. The van der Waals surface area contributed by atoms with E-state index in [2.05, 4.69) is 43.5 Å². The van der Waals surface area contributed by atoms with Crippen molar-refractivity contribution < 1.29 is 9.13 Å². The largest absolute Gasteiger partial charge is 0.494 e. The summed E-state index contributed by atoms with van der Waals surface area (Å²) in [6.07, 6.45) is 3.47. The number of ether oxygens (including phenoxy) is 1. The number of hydrogen-bond donors (Lipinski definition) is 3. The molecule has 3 rings (SSSR count). The molecule has 0 spiro atoms. The number of nitrogens with one attached hydrogen (secondary N) is 2. The number of halogens is 2. The Bertz CT molecular complexity index is 936. The summed E-state index contributed by atoms with van der Waals surface area (Å²) in [7, 11) is 0. The van der Waals surface area contributed by atoms with Crippen LogP contribution in [0.5, 0.6) is 5.75 Å². The smallest absolute Gasteiger partial charge is 0.159 e. The molecule has 0 saturated carbocycles. The molecule has 146 valence electrons. The highest BCUT2D eigenvalue weighted by Crippen LogP contribution is 2.30. The number of nitrogen functional groups attached to an aromatic ring is 1. The highest BCUT2D eigenvalue weighted by Gasteiger charge is 2.11. The average Bonchev–Trinajstić information content (AvgIpc) is 2.68. The molecular formula is C20H21BrFN5O. The predicted octanol–water partition coefficient (Wildman–Crippen LogP) is 5.63. The van der Waals surface area contributed by atoms with Crippen LogP contribution in [0.4, 0.5) is 33.1 Å². The standard InChI is InChI=1S/C20H21BrFN5O/c1-2-3-10-28-15-7-5-14(6-8-15)26-19-18(23)20(25-12-24-19)27-17-9-4-13(21)11-16(17)22/h4-9,11-12H,2-3,10,23H2,1H3,(H2,24,25,26,27). The molecule has 0 aliphatic rings. The van der Waals surface area contributed by atoms with Crippen LogP contribution in [-0.4, -0.2) is 16.6 Å². The molecule has 0 amide bonds. The van der Waals surface area contributed by atoms with Crippen molar-refractivity contribution in [2.75, 3.05) is 23.0 Å². The molecule has 0 aliphatic carbocycles. The lowest BCUT2D eigenvalue weighted by molar-refractivity contribution is 0.309. The van der Waals surface area contributed by atoms with Gasteiger partial charge in [-0.1, -0.05) is 29.3 Å². The second kappa shape index (κ2) is 9.36. The van der Waals surface area contributed by atoms with E-state index in [1.165, 1.54) is 12.4 Å². The van der Waals surface area contributed by atoms with Gasteiger partial charge in [0.2, 0.25) is 0 Å². The first-order valence-corrected chi connectivity index (χ1v) is 9.68. The fraction of sp³-hybridized carbons (Fsp3) is 0.200. The monoisotopic (exact) mass is 445 g/mol.